The zero-order valence-corrected chi connectivity index (χ0v) is 18.3. The molecule has 154 valence electrons. The predicted molar refractivity (Wildman–Crippen MR) is 118 cm³/mol. The zero-order valence-electron chi connectivity index (χ0n) is 16.8. The molecule has 2 aromatic carbocycles. The van der Waals surface area contributed by atoms with E-state index in [1.807, 2.05) is 12.1 Å². The average Bonchev–Trinajstić information content (AvgIpc) is 3.16. The minimum atomic E-state index is -0.160. The summed E-state index contributed by atoms with van der Waals surface area (Å²) >= 11 is 12.2. The Labute approximate surface area is 182 Å². The van der Waals surface area contributed by atoms with E-state index < -0.39 is 0 Å². The first-order valence-corrected chi connectivity index (χ1v) is 10.8. The number of fused-ring (bicyclic) bond motifs is 1. The van der Waals surface area contributed by atoms with Crippen LogP contribution in [0.2, 0.25) is 10.0 Å². The maximum Gasteiger partial charge on any atom is 0.223 e. The van der Waals surface area contributed by atoms with Crippen molar-refractivity contribution in [2.24, 2.45) is 5.92 Å². The highest BCUT2D eigenvalue weighted by molar-refractivity contribution is 6.36. The molecule has 29 heavy (non-hydrogen) atoms. The Morgan fingerprint density at radius 2 is 1.76 bits per heavy atom. The highest BCUT2D eigenvalue weighted by atomic mass is 35.5. The summed E-state index contributed by atoms with van der Waals surface area (Å²) in [6.07, 6.45) is 1.36. The molecule has 0 spiro atoms. The summed E-state index contributed by atoms with van der Waals surface area (Å²) in [5.41, 5.74) is 3.14. The number of benzene rings is 2. The van der Waals surface area contributed by atoms with Crippen molar-refractivity contribution in [1.82, 2.24) is 10.2 Å². The van der Waals surface area contributed by atoms with Gasteiger partial charge in [0, 0.05) is 35.2 Å². The molecule has 3 rings (SSSR count). The third-order valence-electron chi connectivity index (χ3n) is 5.57. The SMILES string of the molecule is CCN(CC)CCNC(=O)C1Cc2ccc(C(=O)c3cc(Cl)ccc3Cl)cc2C1. The fraction of sp³-hybridized carbons (Fsp3) is 0.391. The van der Waals surface area contributed by atoms with Crippen LogP contribution in [0.25, 0.3) is 0 Å². The second-order valence-corrected chi connectivity index (χ2v) is 8.20. The summed E-state index contributed by atoms with van der Waals surface area (Å²) in [4.78, 5) is 27.7. The smallest absolute Gasteiger partial charge is 0.223 e. The number of likely N-dealkylation sites (N-methyl/N-ethyl adjacent to an activating group) is 1. The number of amides is 1. The summed E-state index contributed by atoms with van der Waals surface area (Å²) in [6, 6.07) is 10.5. The lowest BCUT2D eigenvalue weighted by Gasteiger charge is -2.18. The Bertz CT molecular complexity index is 910. The topological polar surface area (TPSA) is 49.4 Å². The second-order valence-electron chi connectivity index (χ2n) is 7.36. The molecule has 1 unspecified atom stereocenters. The Morgan fingerprint density at radius 1 is 1.03 bits per heavy atom. The van der Waals surface area contributed by atoms with Crippen LogP contribution in [0.4, 0.5) is 0 Å². The van der Waals surface area contributed by atoms with E-state index in [2.05, 4.69) is 24.1 Å². The third-order valence-corrected chi connectivity index (χ3v) is 6.13. The van der Waals surface area contributed by atoms with Gasteiger partial charge in [-0.3, -0.25) is 9.59 Å². The highest BCUT2D eigenvalue weighted by Gasteiger charge is 2.28. The summed E-state index contributed by atoms with van der Waals surface area (Å²) in [6.45, 7) is 7.72. The van der Waals surface area contributed by atoms with Crippen molar-refractivity contribution in [1.29, 1.82) is 0 Å². The molecule has 1 amide bonds. The van der Waals surface area contributed by atoms with Crippen LogP contribution in [0, 0.1) is 5.92 Å². The Balaban J connectivity index is 1.65. The van der Waals surface area contributed by atoms with Crippen molar-refractivity contribution in [3.8, 4) is 0 Å². The first kappa shape index (κ1) is 21.8. The van der Waals surface area contributed by atoms with E-state index >= 15 is 0 Å². The lowest BCUT2D eigenvalue weighted by molar-refractivity contribution is -0.124. The fourth-order valence-electron chi connectivity index (χ4n) is 3.79. The number of halogens is 2. The number of ketones is 1. The van der Waals surface area contributed by atoms with Crippen LogP contribution in [-0.2, 0) is 17.6 Å². The van der Waals surface area contributed by atoms with E-state index in [1.165, 1.54) is 0 Å². The van der Waals surface area contributed by atoms with Crippen molar-refractivity contribution >= 4 is 34.9 Å². The molecule has 1 aliphatic carbocycles. The normalized spacial score (nSPS) is 15.4. The van der Waals surface area contributed by atoms with Gasteiger partial charge in [0.05, 0.1) is 5.02 Å². The van der Waals surface area contributed by atoms with Crippen LogP contribution in [0.5, 0.6) is 0 Å². The van der Waals surface area contributed by atoms with Gasteiger partial charge in [0.25, 0.3) is 0 Å². The molecule has 6 heteroatoms. The third kappa shape index (κ3) is 5.19. The number of carbonyl (C=O) groups excluding carboxylic acids is 2. The predicted octanol–water partition coefficient (Wildman–Crippen LogP) is 4.40. The van der Waals surface area contributed by atoms with Crippen molar-refractivity contribution < 1.29 is 9.59 Å². The minimum absolute atomic E-state index is 0.0817. The fourth-order valence-corrected chi connectivity index (χ4v) is 4.17. The largest absolute Gasteiger partial charge is 0.355 e. The van der Waals surface area contributed by atoms with E-state index in [-0.39, 0.29) is 17.6 Å². The number of hydrogen-bond acceptors (Lipinski definition) is 3. The van der Waals surface area contributed by atoms with Gasteiger partial charge in [0.15, 0.2) is 5.78 Å². The van der Waals surface area contributed by atoms with Gasteiger partial charge < -0.3 is 10.2 Å². The minimum Gasteiger partial charge on any atom is -0.355 e. The maximum absolute atomic E-state index is 12.9. The monoisotopic (exact) mass is 432 g/mol. The highest BCUT2D eigenvalue weighted by Crippen LogP contribution is 2.30. The van der Waals surface area contributed by atoms with Gasteiger partial charge in [-0.15, -0.1) is 0 Å². The van der Waals surface area contributed by atoms with E-state index in [0.29, 0.717) is 40.6 Å². The van der Waals surface area contributed by atoms with Crippen LogP contribution >= 0.6 is 23.2 Å². The number of nitrogens with one attached hydrogen (secondary N) is 1. The molecule has 0 bridgehead atoms. The molecular formula is C23H26Cl2N2O2. The first-order chi connectivity index (χ1) is 13.9. The van der Waals surface area contributed by atoms with Crippen LogP contribution in [0.15, 0.2) is 36.4 Å². The molecule has 0 saturated heterocycles. The van der Waals surface area contributed by atoms with Gasteiger partial charge in [-0.05, 0) is 61.3 Å². The Morgan fingerprint density at radius 3 is 2.48 bits per heavy atom. The van der Waals surface area contributed by atoms with Crippen LogP contribution in [0.1, 0.15) is 40.9 Å². The standard InChI is InChI=1S/C23H26Cl2N2O2/c1-3-27(4-2)10-9-26-23(29)18-11-15-5-6-16(12-17(15)13-18)22(28)20-14-19(24)7-8-21(20)25/h5-8,12,14,18H,3-4,9-11,13H2,1-2H3,(H,26,29). The molecule has 0 heterocycles. The van der Waals surface area contributed by atoms with E-state index in [1.54, 1.807) is 24.3 Å². The summed E-state index contributed by atoms with van der Waals surface area (Å²) in [5.74, 6) is -0.159. The number of rotatable bonds is 8. The van der Waals surface area contributed by atoms with Gasteiger partial charge in [-0.2, -0.15) is 0 Å². The molecule has 0 fully saturated rings. The van der Waals surface area contributed by atoms with E-state index in [9.17, 15) is 9.59 Å². The molecule has 0 aliphatic heterocycles. The average molecular weight is 433 g/mol. The van der Waals surface area contributed by atoms with Gasteiger partial charge in [0.1, 0.15) is 0 Å². The molecule has 0 saturated carbocycles. The number of hydrogen-bond donors (Lipinski definition) is 1. The van der Waals surface area contributed by atoms with Crippen molar-refractivity contribution in [2.45, 2.75) is 26.7 Å². The lowest BCUT2D eigenvalue weighted by atomic mass is 9.99. The number of carbonyl (C=O) groups is 2. The zero-order chi connectivity index (χ0) is 21.0. The summed E-state index contributed by atoms with van der Waals surface area (Å²) in [5, 5.41) is 3.91. The van der Waals surface area contributed by atoms with Crippen molar-refractivity contribution in [3.63, 3.8) is 0 Å². The summed E-state index contributed by atoms with van der Waals surface area (Å²) < 4.78 is 0. The van der Waals surface area contributed by atoms with Crippen LogP contribution in [0.3, 0.4) is 0 Å². The Hall–Kier alpha value is -1.88. The van der Waals surface area contributed by atoms with Gasteiger partial charge in [-0.25, -0.2) is 0 Å². The van der Waals surface area contributed by atoms with E-state index in [4.69, 9.17) is 23.2 Å². The summed E-state index contributed by atoms with van der Waals surface area (Å²) in [7, 11) is 0. The van der Waals surface area contributed by atoms with Gasteiger partial charge in [0.2, 0.25) is 5.91 Å². The second kappa shape index (κ2) is 9.75. The lowest BCUT2D eigenvalue weighted by Crippen LogP contribution is -2.37. The molecular weight excluding hydrogens is 407 g/mol. The molecule has 0 radical (unpaired) electrons. The molecule has 1 atom stereocenters. The van der Waals surface area contributed by atoms with Crippen molar-refractivity contribution in [3.05, 3.63) is 68.7 Å². The molecule has 0 aromatic heterocycles. The van der Waals surface area contributed by atoms with Gasteiger partial charge in [-0.1, -0.05) is 49.2 Å². The van der Waals surface area contributed by atoms with Gasteiger partial charge >= 0.3 is 0 Å². The van der Waals surface area contributed by atoms with Crippen LogP contribution < -0.4 is 5.32 Å². The molecule has 4 nitrogen and oxygen atoms in total. The van der Waals surface area contributed by atoms with Crippen LogP contribution in [-0.4, -0.2) is 42.8 Å². The quantitative estimate of drug-likeness (QED) is 0.628. The van der Waals surface area contributed by atoms with E-state index in [0.717, 1.165) is 30.8 Å². The molecule has 2 aromatic rings. The molecule has 1 aliphatic rings. The van der Waals surface area contributed by atoms with Crippen molar-refractivity contribution in [2.75, 3.05) is 26.2 Å². The molecule has 1 N–H and O–H groups in total. The number of nitrogens with zero attached hydrogens (tertiary/aromatic N) is 1. The first-order valence-electron chi connectivity index (χ1n) is 10.0. The Kier molecular flexibility index (Phi) is 7.33. The maximum atomic E-state index is 12.9.